The van der Waals surface area contributed by atoms with Crippen molar-refractivity contribution >= 4 is 11.6 Å². The third-order valence-electron chi connectivity index (χ3n) is 2.66. The summed E-state index contributed by atoms with van der Waals surface area (Å²) in [5, 5.41) is 14.1. The van der Waals surface area contributed by atoms with Crippen molar-refractivity contribution in [1.29, 1.82) is 0 Å². The van der Waals surface area contributed by atoms with Gasteiger partial charge >= 0.3 is 0 Å². The molecule has 0 radical (unpaired) electrons. The van der Waals surface area contributed by atoms with Crippen LogP contribution in [0.25, 0.3) is 0 Å². The van der Waals surface area contributed by atoms with E-state index in [1.807, 2.05) is 27.8 Å². The molecule has 0 aliphatic heterocycles. The Kier molecular flexibility index (Phi) is 4.98. The summed E-state index contributed by atoms with van der Waals surface area (Å²) in [6, 6.07) is 0. The van der Waals surface area contributed by atoms with Crippen LogP contribution in [0.4, 0.5) is 0 Å². The molecule has 0 atom stereocenters. The van der Waals surface area contributed by atoms with Crippen LogP contribution in [0.2, 0.25) is 5.02 Å². The fraction of sp³-hybridized carbons (Fsp3) is 0.750. The van der Waals surface area contributed by atoms with Gasteiger partial charge in [-0.1, -0.05) is 32.4 Å². The predicted molar refractivity (Wildman–Crippen MR) is 68.1 cm³/mol. The molecule has 1 aromatic rings. The van der Waals surface area contributed by atoms with Gasteiger partial charge in [0.2, 0.25) is 0 Å². The van der Waals surface area contributed by atoms with Crippen LogP contribution >= 0.6 is 11.6 Å². The average Bonchev–Trinajstić information content (AvgIpc) is 2.56. The molecule has 0 aliphatic rings. The van der Waals surface area contributed by atoms with E-state index < -0.39 is 0 Å². The first-order chi connectivity index (χ1) is 7.91. The number of halogens is 1. The van der Waals surface area contributed by atoms with Gasteiger partial charge in [-0.15, -0.1) is 0 Å². The fourth-order valence-electron chi connectivity index (χ4n) is 1.45. The van der Waals surface area contributed by atoms with E-state index in [2.05, 4.69) is 5.10 Å². The first kappa shape index (κ1) is 14.5. The molecule has 0 saturated carbocycles. The molecule has 1 N–H and O–H groups in total. The molecule has 0 aromatic carbocycles. The molecule has 5 heteroatoms. The minimum Gasteiger partial charge on any atom is -0.396 e. The highest BCUT2D eigenvalue weighted by molar-refractivity contribution is 6.31. The van der Waals surface area contributed by atoms with E-state index in [-0.39, 0.29) is 12.0 Å². The Labute approximate surface area is 108 Å². The highest BCUT2D eigenvalue weighted by Crippen LogP contribution is 2.22. The van der Waals surface area contributed by atoms with E-state index in [1.54, 1.807) is 4.68 Å². The van der Waals surface area contributed by atoms with Crippen LogP contribution < -0.4 is 0 Å². The summed E-state index contributed by atoms with van der Waals surface area (Å²) in [4.78, 5) is 0. The topological polar surface area (TPSA) is 47.3 Å². The molecule has 4 nitrogen and oxygen atoms in total. The van der Waals surface area contributed by atoms with Gasteiger partial charge in [-0.25, -0.2) is 0 Å². The molecule has 0 bridgehead atoms. The maximum Gasteiger partial charge on any atom is 0.0900 e. The predicted octanol–water partition coefficient (Wildman–Crippen LogP) is 2.17. The number of aliphatic hydroxyl groups is 1. The van der Waals surface area contributed by atoms with Crippen molar-refractivity contribution in [3.8, 4) is 0 Å². The number of aliphatic hydroxyl groups excluding tert-OH is 1. The molecule has 98 valence electrons. The SMILES string of the molecule is CCc1nn(C)c(COCC(C)(C)CO)c1Cl. The van der Waals surface area contributed by atoms with E-state index >= 15 is 0 Å². The van der Waals surface area contributed by atoms with Crippen LogP contribution in [0.3, 0.4) is 0 Å². The molecule has 0 spiro atoms. The standard InChI is InChI=1S/C12H21ClN2O2/c1-5-9-11(13)10(15(4)14-9)6-17-8-12(2,3)7-16/h16H,5-8H2,1-4H3. The maximum atomic E-state index is 9.12. The summed E-state index contributed by atoms with van der Waals surface area (Å²) in [6.07, 6.45) is 0.814. The van der Waals surface area contributed by atoms with Gasteiger partial charge in [0.05, 0.1) is 36.2 Å². The number of hydrogen-bond donors (Lipinski definition) is 1. The normalized spacial score (nSPS) is 12.1. The summed E-state index contributed by atoms with van der Waals surface area (Å²) >= 11 is 6.20. The zero-order valence-corrected chi connectivity index (χ0v) is 11.7. The number of ether oxygens (including phenoxy) is 1. The van der Waals surface area contributed by atoms with Gasteiger partial charge in [0.1, 0.15) is 0 Å². The van der Waals surface area contributed by atoms with Gasteiger partial charge < -0.3 is 9.84 Å². The Hall–Kier alpha value is -0.580. The second kappa shape index (κ2) is 5.85. The number of aryl methyl sites for hydroxylation is 2. The van der Waals surface area contributed by atoms with Gasteiger partial charge in [-0.05, 0) is 6.42 Å². The molecule has 17 heavy (non-hydrogen) atoms. The molecule has 0 aliphatic carbocycles. The Balaban J connectivity index is 2.61. The lowest BCUT2D eigenvalue weighted by molar-refractivity contribution is 0.0176. The number of aromatic nitrogens is 2. The van der Waals surface area contributed by atoms with Crippen molar-refractivity contribution in [2.24, 2.45) is 12.5 Å². The lowest BCUT2D eigenvalue weighted by Gasteiger charge is -2.21. The molecular weight excluding hydrogens is 240 g/mol. The molecule has 1 aromatic heterocycles. The summed E-state index contributed by atoms with van der Waals surface area (Å²) in [5.74, 6) is 0. The zero-order chi connectivity index (χ0) is 13.1. The van der Waals surface area contributed by atoms with Gasteiger partial charge in [-0.2, -0.15) is 5.10 Å². The van der Waals surface area contributed by atoms with E-state index in [0.29, 0.717) is 18.2 Å². The summed E-state index contributed by atoms with van der Waals surface area (Å²) < 4.78 is 7.35. The smallest absolute Gasteiger partial charge is 0.0900 e. The minimum atomic E-state index is -0.224. The monoisotopic (exact) mass is 260 g/mol. The summed E-state index contributed by atoms with van der Waals surface area (Å²) in [7, 11) is 1.86. The quantitative estimate of drug-likeness (QED) is 0.853. The average molecular weight is 261 g/mol. The highest BCUT2D eigenvalue weighted by atomic mass is 35.5. The van der Waals surface area contributed by atoms with Gasteiger partial charge in [0.15, 0.2) is 0 Å². The van der Waals surface area contributed by atoms with Crippen LogP contribution in [-0.4, -0.2) is 28.1 Å². The van der Waals surface area contributed by atoms with E-state index in [4.69, 9.17) is 21.4 Å². The van der Waals surface area contributed by atoms with Crippen molar-refractivity contribution < 1.29 is 9.84 Å². The highest BCUT2D eigenvalue weighted by Gasteiger charge is 2.18. The lowest BCUT2D eigenvalue weighted by atomic mass is 9.97. The van der Waals surface area contributed by atoms with Crippen molar-refractivity contribution in [3.63, 3.8) is 0 Å². The number of nitrogens with zero attached hydrogens (tertiary/aromatic N) is 2. The Bertz CT molecular complexity index is 375. The fourth-order valence-corrected chi connectivity index (χ4v) is 1.79. The summed E-state index contributed by atoms with van der Waals surface area (Å²) in [5.41, 5.74) is 1.56. The third kappa shape index (κ3) is 3.69. The van der Waals surface area contributed by atoms with Crippen molar-refractivity contribution in [1.82, 2.24) is 9.78 Å². The van der Waals surface area contributed by atoms with Crippen LogP contribution in [0.15, 0.2) is 0 Å². The van der Waals surface area contributed by atoms with Crippen LogP contribution in [0.5, 0.6) is 0 Å². The third-order valence-corrected chi connectivity index (χ3v) is 3.10. The summed E-state index contributed by atoms with van der Waals surface area (Å²) in [6.45, 7) is 6.95. The van der Waals surface area contributed by atoms with Crippen LogP contribution in [0.1, 0.15) is 32.2 Å². The molecule has 0 saturated heterocycles. The van der Waals surface area contributed by atoms with Gasteiger partial charge in [-0.3, -0.25) is 4.68 Å². The molecule has 0 unspecified atom stereocenters. The Morgan fingerprint density at radius 2 is 2.12 bits per heavy atom. The van der Waals surface area contributed by atoms with Crippen LogP contribution in [-0.2, 0) is 24.8 Å². The molecule has 0 fully saturated rings. The van der Waals surface area contributed by atoms with Crippen molar-refractivity contribution in [3.05, 3.63) is 16.4 Å². The van der Waals surface area contributed by atoms with Crippen molar-refractivity contribution in [2.45, 2.75) is 33.8 Å². The number of hydrogen-bond acceptors (Lipinski definition) is 3. The first-order valence-electron chi connectivity index (χ1n) is 5.80. The molecule has 1 rings (SSSR count). The second-order valence-electron chi connectivity index (χ2n) is 5.00. The van der Waals surface area contributed by atoms with E-state index in [1.165, 1.54) is 0 Å². The Morgan fingerprint density at radius 1 is 1.47 bits per heavy atom. The Morgan fingerprint density at radius 3 is 2.59 bits per heavy atom. The van der Waals surface area contributed by atoms with Gasteiger partial charge in [0.25, 0.3) is 0 Å². The largest absolute Gasteiger partial charge is 0.396 e. The van der Waals surface area contributed by atoms with E-state index in [9.17, 15) is 0 Å². The first-order valence-corrected chi connectivity index (χ1v) is 6.18. The number of rotatable bonds is 6. The van der Waals surface area contributed by atoms with Crippen LogP contribution in [0, 0.1) is 5.41 Å². The molecule has 0 amide bonds. The zero-order valence-electron chi connectivity index (χ0n) is 11.0. The minimum absolute atomic E-state index is 0.104. The molecular formula is C12H21ClN2O2. The molecule has 1 heterocycles. The maximum absolute atomic E-state index is 9.12. The van der Waals surface area contributed by atoms with Gasteiger partial charge in [0, 0.05) is 12.5 Å². The van der Waals surface area contributed by atoms with E-state index in [0.717, 1.165) is 17.8 Å². The lowest BCUT2D eigenvalue weighted by Crippen LogP contribution is -2.23. The second-order valence-corrected chi connectivity index (χ2v) is 5.38. The van der Waals surface area contributed by atoms with Crippen molar-refractivity contribution in [2.75, 3.05) is 13.2 Å².